The van der Waals surface area contributed by atoms with E-state index in [-0.39, 0.29) is 6.23 Å². The molecule has 1 aromatic rings. The average molecular weight is 230 g/mol. The van der Waals surface area contributed by atoms with Crippen molar-refractivity contribution < 1.29 is 4.74 Å². The summed E-state index contributed by atoms with van der Waals surface area (Å²) in [4.78, 5) is 2.73. The second kappa shape index (κ2) is 5.27. The highest BCUT2D eigenvalue weighted by Crippen LogP contribution is 2.27. The summed E-state index contributed by atoms with van der Waals surface area (Å²) < 4.78 is 5.72. The van der Waals surface area contributed by atoms with Gasteiger partial charge in [0.2, 0.25) is 0 Å². The van der Waals surface area contributed by atoms with Gasteiger partial charge in [0, 0.05) is 17.0 Å². The fourth-order valence-corrected chi connectivity index (χ4v) is 1.77. The van der Waals surface area contributed by atoms with Gasteiger partial charge in [-0.25, -0.2) is 0 Å². The third kappa shape index (κ3) is 2.71. The molecule has 0 aromatic heterocycles. The van der Waals surface area contributed by atoms with Gasteiger partial charge in [0.1, 0.15) is 5.76 Å². The molecule has 0 saturated carbocycles. The zero-order valence-electron chi connectivity index (χ0n) is 9.63. The van der Waals surface area contributed by atoms with E-state index < -0.39 is 0 Å². The van der Waals surface area contributed by atoms with Crippen molar-refractivity contribution in [3.63, 3.8) is 0 Å². The van der Waals surface area contributed by atoms with E-state index >= 15 is 0 Å². The fourth-order valence-electron chi connectivity index (χ4n) is 1.77. The number of ether oxygens (including phenoxy) is 1. The van der Waals surface area contributed by atoms with Crippen molar-refractivity contribution in [3.8, 4) is 0 Å². The highest BCUT2D eigenvalue weighted by molar-refractivity contribution is 5.22. The standard InChI is InChI=1S/C12H14N4O/c1-9-11(7-8-14-16-13)15-12(17-9)10-5-3-2-4-6-10/h2-6,12,15H,7-8H2,1H3. The van der Waals surface area contributed by atoms with Crippen LogP contribution in [0, 0.1) is 0 Å². The maximum Gasteiger partial charge on any atom is 0.195 e. The Bertz CT molecular complexity index is 463. The third-order valence-corrected chi connectivity index (χ3v) is 2.65. The number of hydrogen-bond donors (Lipinski definition) is 1. The molecule has 1 aromatic carbocycles. The monoisotopic (exact) mass is 230 g/mol. The molecule has 1 N–H and O–H groups in total. The summed E-state index contributed by atoms with van der Waals surface area (Å²) in [5.74, 6) is 0.868. The molecule has 1 aliphatic heterocycles. The minimum absolute atomic E-state index is 0.128. The van der Waals surface area contributed by atoms with Gasteiger partial charge >= 0.3 is 0 Å². The van der Waals surface area contributed by atoms with Crippen LogP contribution >= 0.6 is 0 Å². The first-order chi connectivity index (χ1) is 8.31. The number of nitrogens with zero attached hydrogens (tertiary/aromatic N) is 3. The van der Waals surface area contributed by atoms with Crippen LogP contribution in [0.1, 0.15) is 25.1 Å². The topological polar surface area (TPSA) is 70.0 Å². The number of benzene rings is 1. The van der Waals surface area contributed by atoms with Crippen LogP contribution in [0.5, 0.6) is 0 Å². The van der Waals surface area contributed by atoms with E-state index in [9.17, 15) is 0 Å². The van der Waals surface area contributed by atoms with Gasteiger partial charge in [0.25, 0.3) is 0 Å². The molecular weight excluding hydrogens is 216 g/mol. The lowest BCUT2D eigenvalue weighted by atomic mass is 10.2. The van der Waals surface area contributed by atoms with Gasteiger partial charge in [0.15, 0.2) is 6.23 Å². The first-order valence-corrected chi connectivity index (χ1v) is 5.50. The van der Waals surface area contributed by atoms with Crippen molar-refractivity contribution in [1.29, 1.82) is 0 Å². The van der Waals surface area contributed by atoms with Crippen LogP contribution in [-0.2, 0) is 4.74 Å². The van der Waals surface area contributed by atoms with Crippen molar-refractivity contribution in [1.82, 2.24) is 5.32 Å². The van der Waals surface area contributed by atoms with Gasteiger partial charge in [-0.3, -0.25) is 0 Å². The van der Waals surface area contributed by atoms with Crippen molar-refractivity contribution in [3.05, 3.63) is 57.8 Å². The fraction of sp³-hybridized carbons (Fsp3) is 0.333. The van der Waals surface area contributed by atoms with Gasteiger partial charge in [-0.2, -0.15) is 0 Å². The van der Waals surface area contributed by atoms with E-state index in [4.69, 9.17) is 10.3 Å². The van der Waals surface area contributed by atoms with Gasteiger partial charge in [0.05, 0.1) is 5.70 Å². The van der Waals surface area contributed by atoms with Gasteiger partial charge < -0.3 is 10.1 Å². The molecule has 0 amide bonds. The Hall–Kier alpha value is -2.13. The van der Waals surface area contributed by atoms with Crippen LogP contribution in [0.3, 0.4) is 0 Å². The van der Waals surface area contributed by atoms with Crippen molar-refractivity contribution in [2.45, 2.75) is 19.6 Å². The molecule has 0 aliphatic carbocycles. The molecule has 2 rings (SSSR count). The molecule has 1 aliphatic rings. The predicted molar refractivity (Wildman–Crippen MR) is 64.7 cm³/mol. The normalized spacial score (nSPS) is 18.3. The Morgan fingerprint density at radius 2 is 2.18 bits per heavy atom. The van der Waals surface area contributed by atoms with Crippen LogP contribution < -0.4 is 5.32 Å². The molecule has 0 fully saturated rings. The van der Waals surface area contributed by atoms with Gasteiger partial charge in [-0.15, -0.1) is 0 Å². The largest absolute Gasteiger partial charge is 0.469 e. The molecule has 17 heavy (non-hydrogen) atoms. The van der Waals surface area contributed by atoms with Crippen LogP contribution in [-0.4, -0.2) is 6.54 Å². The van der Waals surface area contributed by atoms with Gasteiger partial charge in [-0.05, 0) is 18.9 Å². The molecule has 0 radical (unpaired) electrons. The smallest absolute Gasteiger partial charge is 0.195 e. The van der Waals surface area contributed by atoms with Crippen molar-refractivity contribution >= 4 is 0 Å². The lowest BCUT2D eigenvalue weighted by molar-refractivity contribution is 0.130. The maximum absolute atomic E-state index is 8.23. The number of nitrogens with one attached hydrogen (secondary N) is 1. The molecule has 1 unspecified atom stereocenters. The second-order valence-corrected chi connectivity index (χ2v) is 3.79. The van der Waals surface area contributed by atoms with Crippen molar-refractivity contribution in [2.75, 3.05) is 6.54 Å². The molecule has 1 atom stereocenters. The number of rotatable bonds is 4. The Labute approximate surface area is 99.7 Å². The first kappa shape index (κ1) is 11.4. The summed E-state index contributed by atoms with van der Waals surface area (Å²) in [7, 11) is 0. The predicted octanol–water partition coefficient (Wildman–Crippen LogP) is 3.24. The molecule has 0 bridgehead atoms. The van der Waals surface area contributed by atoms with Crippen molar-refractivity contribution in [2.24, 2.45) is 5.11 Å². The summed E-state index contributed by atoms with van der Waals surface area (Å²) in [6.45, 7) is 2.36. The van der Waals surface area contributed by atoms with Crippen LogP contribution in [0.25, 0.3) is 10.4 Å². The molecular formula is C12H14N4O. The molecule has 1 heterocycles. The number of allylic oxidation sites excluding steroid dienone is 1. The summed E-state index contributed by atoms with van der Waals surface area (Å²) in [6.07, 6.45) is 0.552. The first-order valence-electron chi connectivity index (χ1n) is 5.50. The van der Waals surface area contributed by atoms with Crippen LogP contribution in [0.2, 0.25) is 0 Å². The zero-order valence-corrected chi connectivity index (χ0v) is 9.63. The zero-order chi connectivity index (χ0) is 12.1. The molecule has 0 spiro atoms. The lowest BCUT2D eigenvalue weighted by Gasteiger charge is -2.12. The molecule has 5 nitrogen and oxygen atoms in total. The Morgan fingerprint density at radius 1 is 1.41 bits per heavy atom. The SMILES string of the molecule is CC1=C(CCN=[N+]=[N-])NC(c2ccccc2)O1. The van der Waals surface area contributed by atoms with Crippen LogP contribution in [0.15, 0.2) is 46.9 Å². The maximum atomic E-state index is 8.23. The van der Waals surface area contributed by atoms with E-state index in [1.807, 2.05) is 37.3 Å². The summed E-state index contributed by atoms with van der Waals surface area (Å²) >= 11 is 0. The number of azide groups is 1. The van der Waals surface area contributed by atoms with E-state index in [1.54, 1.807) is 0 Å². The minimum Gasteiger partial charge on any atom is -0.469 e. The Morgan fingerprint density at radius 3 is 2.88 bits per heavy atom. The number of hydrogen-bond acceptors (Lipinski definition) is 3. The summed E-state index contributed by atoms with van der Waals surface area (Å²) in [5.41, 5.74) is 10.3. The highest BCUT2D eigenvalue weighted by Gasteiger charge is 2.22. The Kier molecular flexibility index (Phi) is 3.52. The van der Waals surface area contributed by atoms with E-state index in [0.29, 0.717) is 13.0 Å². The lowest BCUT2D eigenvalue weighted by Crippen LogP contribution is -2.15. The minimum atomic E-state index is -0.128. The molecule has 0 saturated heterocycles. The Balaban J connectivity index is 1.99. The van der Waals surface area contributed by atoms with E-state index in [0.717, 1.165) is 17.0 Å². The third-order valence-electron chi connectivity index (χ3n) is 2.65. The van der Waals surface area contributed by atoms with Crippen LogP contribution in [0.4, 0.5) is 0 Å². The summed E-state index contributed by atoms with van der Waals surface area (Å²) in [6, 6.07) is 9.96. The van der Waals surface area contributed by atoms with Gasteiger partial charge in [-0.1, -0.05) is 35.4 Å². The quantitative estimate of drug-likeness (QED) is 0.490. The summed E-state index contributed by atoms with van der Waals surface area (Å²) in [5, 5.41) is 6.81. The average Bonchev–Trinajstić information content (AvgIpc) is 2.73. The highest BCUT2D eigenvalue weighted by atomic mass is 16.5. The molecule has 5 heteroatoms. The van der Waals surface area contributed by atoms with E-state index in [1.165, 1.54) is 0 Å². The molecule has 88 valence electrons. The van der Waals surface area contributed by atoms with E-state index in [2.05, 4.69) is 15.3 Å². The second-order valence-electron chi connectivity index (χ2n) is 3.79.